The van der Waals surface area contributed by atoms with Crippen molar-refractivity contribution in [2.24, 2.45) is 5.73 Å². The normalized spacial score (nSPS) is 12.0. The summed E-state index contributed by atoms with van der Waals surface area (Å²) >= 11 is 3.46. The van der Waals surface area contributed by atoms with Crippen LogP contribution >= 0.6 is 15.9 Å². The molecule has 0 saturated carbocycles. The molecular weight excluding hydrogens is 336 g/mol. The van der Waals surface area contributed by atoms with Gasteiger partial charge < -0.3 is 20.5 Å². The largest absolute Gasteiger partial charge is 0.482 e. The molecule has 1 aromatic rings. The van der Waals surface area contributed by atoms with E-state index in [0.717, 1.165) is 22.9 Å². The highest BCUT2D eigenvalue weighted by atomic mass is 79.9. The van der Waals surface area contributed by atoms with Crippen LogP contribution in [0.2, 0.25) is 0 Å². The van der Waals surface area contributed by atoms with Gasteiger partial charge in [-0.25, -0.2) is 0 Å². The van der Waals surface area contributed by atoms with Gasteiger partial charge >= 0.3 is 0 Å². The van der Waals surface area contributed by atoms with Crippen LogP contribution < -0.4 is 15.8 Å². The van der Waals surface area contributed by atoms with Crippen LogP contribution in [0.25, 0.3) is 0 Å². The average Bonchev–Trinajstić information content (AvgIpc) is 2.46. The standard InChI is InChI=1S/C15H23BrN2O3/c1-3-12(17)9-11-5-4-6-13(16)15(11)21-10-14(19)18-7-8-20-2/h4-6,12H,3,7-10,17H2,1-2H3,(H,18,19). The van der Waals surface area contributed by atoms with E-state index in [1.54, 1.807) is 7.11 Å². The summed E-state index contributed by atoms with van der Waals surface area (Å²) in [5.74, 6) is 0.511. The fraction of sp³-hybridized carbons (Fsp3) is 0.533. The summed E-state index contributed by atoms with van der Waals surface area (Å²) < 4.78 is 11.3. The molecule has 0 spiro atoms. The van der Waals surface area contributed by atoms with Gasteiger partial charge in [0.05, 0.1) is 11.1 Å². The molecule has 21 heavy (non-hydrogen) atoms. The summed E-state index contributed by atoms with van der Waals surface area (Å²) in [5, 5.41) is 2.72. The van der Waals surface area contributed by atoms with Crippen molar-refractivity contribution in [1.29, 1.82) is 0 Å². The molecule has 6 heteroatoms. The van der Waals surface area contributed by atoms with Crippen LogP contribution in [0.3, 0.4) is 0 Å². The van der Waals surface area contributed by atoms with E-state index >= 15 is 0 Å². The van der Waals surface area contributed by atoms with Crippen LogP contribution in [0.5, 0.6) is 5.75 Å². The van der Waals surface area contributed by atoms with Gasteiger partial charge in [0.2, 0.25) is 0 Å². The van der Waals surface area contributed by atoms with Gasteiger partial charge in [0.15, 0.2) is 6.61 Å². The fourth-order valence-electron chi connectivity index (χ4n) is 1.78. The number of benzene rings is 1. The SMILES string of the molecule is CCC(N)Cc1cccc(Br)c1OCC(=O)NCCOC. The molecule has 0 saturated heterocycles. The first-order valence-corrected chi connectivity index (χ1v) is 7.79. The summed E-state index contributed by atoms with van der Waals surface area (Å²) in [4.78, 5) is 11.7. The lowest BCUT2D eigenvalue weighted by Crippen LogP contribution is -2.31. The van der Waals surface area contributed by atoms with Gasteiger partial charge in [-0.3, -0.25) is 4.79 Å². The molecule has 0 aromatic heterocycles. The Morgan fingerprint density at radius 3 is 2.90 bits per heavy atom. The van der Waals surface area contributed by atoms with E-state index < -0.39 is 0 Å². The van der Waals surface area contributed by atoms with Crippen LogP contribution in [-0.2, 0) is 16.0 Å². The zero-order chi connectivity index (χ0) is 15.7. The van der Waals surface area contributed by atoms with E-state index in [1.807, 2.05) is 25.1 Å². The predicted molar refractivity (Wildman–Crippen MR) is 86.5 cm³/mol. The Morgan fingerprint density at radius 2 is 2.24 bits per heavy atom. The molecule has 0 bridgehead atoms. The second-order valence-electron chi connectivity index (χ2n) is 4.73. The maximum Gasteiger partial charge on any atom is 0.258 e. The van der Waals surface area contributed by atoms with Crippen LogP contribution in [-0.4, -0.2) is 38.8 Å². The molecule has 0 fully saturated rings. The van der Waals surface area contributed by atoms with Gasteiger partial charge in [0, 0.05) is 19.7 Å². The molecule has 1 rings (SSSR count). The number of para-hydroxylation sites is 1. The number of amides is 1. The lowest BCUT2D eigenvalue weighted by Gasteiger charge is -2.15. The Morgan fingerprint density at radius 1 is 1.48 bits per heavy atom. The fourth-order valence-corrected chi connectivity index (χ4v) is 2.31. The number of hydrogen-bond donors (Lipinski definition) is 2. The van der Waals surface area contributed by atoms with Crippen molar-refractivity contribution in [2.45, 2.75) is 25.8 Å². The number of ether oxygens (including phenoxy) is 2. The Bertz CT molecular complexity index is 455. The van der Waals surface area contributed by atoms with Crippen molar-refractivity contribution in [3.63, 3.8) is 0 Å². The van der Waals surface area contributed by atoms with Gasteiger partial charge in [-0.05, 0) is 40.4 Å². The van der Waals surface area contributed by atoms with Gasteiger partial charge in [-0.15, -0.1) is 0 Å². The second-order valence-corrected chi connectivity index (χ2v) is 5.59. The van der Waals surface area contributed by atoms with Gasteiger partial charge in [0.25, 0.3) is 5.91 Å². The van der Waals surface area contributed by atoms with Crippen molar-refractivity contribution < 1.29 is 14.3 Å². The number of nitrogens with two attached hydrogens (primary N) is 1. The smallest absolute Gasteiger partial charge is 0.258 e. The summed E-state index contributed by atoms with van der Waals surface area (Å²) in [6, 6.07) is 5.88. The number of hydrogen-bond acceptors (Lipinski definition) is 4. The summed E-state index contributed by atoms with van der Waals surface area (Å²) in [5.41, 5.74) is 7.00. The maximum atomic E-state index is 11.7. The highest BCUT2D eigenvalue weighted by molar-refractivity contribution is 9.10. The van der Waals surface area contributed by atoms with E-state index in [0.29, 0.717) is 18.9 Å². The Balaban J connectivity index is 2.62. The summed E-state index contributed by atoms with van der Waals surface area (Å²) in [7, 11) is 1.59. The zero-order valence-corrected chi connectivity index (χ0v) is 14.1. The lowest BCUT2D eigenvalue weighted by molar-refractivity contribution is -0.123. The summed E-state index contributed by atoms with van der Waals surface area (Å²) in [6.07, 6.45) is 1.61. The molecule has 0 aliphatic carbocycles. The third kappa shape index (κ3) is 6.46. The van der Waals surface area contributed by atoms with Crippen molar-refractivity contribution in [1.82, 2.24) is 5.32 Å². The molecule has 3 N–H and O–H groups in total. The number of rotatable bonds is 9. The third-order valence-electron chi connectivity index (χ3n) is 3.03. The number of carbonyl (C=O) groups is 1. The third-order valence-corrected chi connectivity index (χ3v) is 3.66. The van der Waals surface area contributed by atoms with Crippen molar-refractivity contribution in [3.05, 3.63) is 28.2 Å². The zero-order valence-electron chi connectivity index (χ0n) is 12.5. The highest BCUT2D eigenvalue weighted by Gasteiger charge is 2.12. The van der Waals surface area contributed by atoms with Crippen molar-refractivity contribution >= 4 is 21.8 Å². The Labute approximate surface area is 134 Å². The monoisotopic (exact) mass is 358 g/mol. The first-order chi connectivity index (χ1) is 10.1. The molecular formula is C15H23BrN2O3. The second kappa shape index (κ2) is 9.76. The minimum atomic E-state index is -0.173. The predicted octanol–water partition coefficient (Wildman–Crippen LogP) is 1.87. The van der Waals surface area contributed by atoms with E-state index in [9.17, 15) is 4.79 Å². The van der Waals surface area contributed by atoms with Crippen molar-refractivity contribution in [2.75, 3.05) is 26.9 Å². The number of halogens is 1. The Hall–Kier alpha value is -1.11. The topological polar surface area (TPSA) is 73.6 Å². The summed E-state index contributed by atoms with van der Waals surface area (Å²) in [6.45, 7) is 2.98. The van der Waals surface area contributed by atoms with E-state index in [-0.39, 0.29) is 18.6 Å². The molecule has 5 nitrogen and oxygen atoms in total. The molecule has 1 amide bonds. The first kappa shape index (κ1) is 17.9. The lowest BCUT2D eigenvalue weighted by atomic mass is 10.0. The molecule has 118 valence electrons. The maximum absolute atomic E-state index is 11.7. The van der Waals surface area contributed by atoms with Crippen LogP contribution in [0.1, 0.15) is 18.9 Å². The Kier molecular flexibility index (Phi) is 8.34. The number of methoxy groups -OCH3 is 1. The van der Waals surface area contributed by atoms with Gasteiger partial charge in [-0.2, -0.15) is 0 Å². The van der Waals surface area contributed by atoms with Gasteiger partial charge in [0.1, 0.15) is 5.75 Å². The van der Waals surface area contributed by atoms with E-state index in [1.165, 1.54) is 0 Å². The molecule has 1 unspecified atom stereocenters. The van der Waals surface area contributed by atoms with Crippen LogP contribution in [0.15, 0.2) is 22.7 Å². The molecule has 0 aliphatic heterocycles. The molecule has 0 heterocycles. The van der Waals surface area contributed by atoms with Crippen LogP contribution in [0.4, 0.5) is 0 Å². The van der Waals surface area contributed by atoms with E-state index in [2.05, 4.69) is 21.2 Å². The molecule has 0 aliphatic rings. The number of carbonyl (C=O) groups excluding carboxylic acids is 1. The van der Waals surface area contributed by atoms with Gasteiger partial charge in [-0.1, -0.05) is 19.1 Å². The highest BCUT2D eigenvalue weighted by Crippen LogP contribution is 2.30. The van der Waals surface area contributed by atoms with E-state index in [4.69, 9.17) is 15.2 Å². The minimum absolute atomic E-state index is 0.0271. The quantitative estimate of drug-likeness (QED) is 0.661. The number of nitrogens with one attached hydrogen (secondary N) is 1. The average molecular weight is 359 g/mol. The first-order valence-electron chi connectivity index (χ1n) is 6.99. The van der Waals surface area contributed by atoms with Crippen LogP contribution in [0, 0.1) is 0 Å². The molecule has 1 aromatic carbocycles. The van der Waals surface area contributed by atoms with Crippen molar-refractivity contribution in [3.8, 4) is 5.75 Å². The molecule has 0 radical (unpaired) electrons. The molecule has 1 atom stereocenters. The minimum Gasteiger partial charge on any atom is -0.482 e.